The molecule has 0 N–H and O–H groups in total. The molecule has 0 aliphatic heterocycles. The van der Waals surface area contributed by atoms with E-state index < -0.39 is 0 Å². The fourth-order valence-electron chi connectivity index (χ4n) is 5.12. The fraction of sp³-hybridized carbons (Fsp3) is 1.00. The lowest BCUT2D eigenvalue weighted by atomic mass is 9.61. The van der Waals surface area contributed by atoms with Crippen LogP contribution in [0.15, 0.2) is 0 Å². The summed E-state index contributed by atoms with van der Waals surface area (Å²) in [5.41, 5.74) is 1.29. The van der Waals surface area contributed by atoms with Crippen molar-refractivity contribution in [3.05, 3.63) is 0 Å². The molecule has 0 heterocycles. The van der Waals surface area contributed by atoms with Gasteiger partial charge < -0.3 is 0 Å². The molecule has 16 heavy (non-hydrogen) atoms. The van der Waals surface area contributed by atoms with Crippen LogP contribution in [0, 0.1) is 16.7 Å². The highest BCUT2D eigenvalue weighted by molar-refractivity contribution is 7.81. The Bertz CT molecular complexity index is 274. The molecule has 0 spiro atoms. The minimum atomic E-state index is 0.606. The second kappa shape index (κ2) is 4.12. The first-order valence-electron chi connectivity index (χ1n) is 6.97. The maximum atomic E-state index is 4.98. The van der Waals surface area contributed by atoms with Crippen LogP contribution in [-0.2, 0) is 0 Å². The third-order valence-electron chi connectivity index (χ3n) is 5.62. The Hall–Kier alpha value is 0.700. The molecular formula is C14H24S2. The van der Waals surface area contributed by atoms with Crippen LogP contribution in [0.3, 0.4) is 0 Å². The van der Waals surface area contributed by atoms with Gasteiger partial charge in [0, 0.05) is 5.25 Å². The molecule has 0 radical (unpaired) electrons. The Morgan fingerprint density at radius 1 is 1.00 bits per heavy atom. The van der Waals surface area contributed by atoms with Crippen LogP contribution in [-0.4, -0.2) is 11.0 Å². The van der Waals surface area contributed by atoms with E-state index in [9.17, 15) is 0 Å². The van der Waals surface area contributed by atoms with Crippen molar-refractivity contribution in [3.63, 3.8) is 0 Å². The molecule has 2 bridgehead atoms. The number of rotatable bonds is 1. The van der Waals surface area contributed by atoms with Crippen molar-refractivity contribution in [1.29, 1.82) is 0 Å². The van der Waals surface area contributed by atoms with Crippen molar-refractivity contribution in [3.8, 4) is 0 Å². The van der Waals surface area contributed by atoms with Gasteiger partial charge in [-0.3, -0.25) is 0 Å². The first-order valence-corrected chi connectivity index (χ1v) is 8.12. The molecule has 0 saturated heterocycles. The zero-order valence-corrected chi connectivity index (χ0v) is 11.9. The van der Waals surface area contributed by atoms with E-state index in [2.05, 4.69) is 12.6 Å². The number of hydrogen-bond donors (Lipinski definition) is 2. The maximum Gasteiger partial charge on any atom is 0.00788 e. The van der Waals surface area contributed by atoms with E-state index >= 15 is 0 Å². The molecule has 3 saturated carbocycles. The van der Waals surface area contributed by atoms with Crippen LogP contribution >= 0.6 is 25.3 Å². The molecule has 3 aliphatic carbocycles. The van der Waals surface area contributed by atoms with E-state index in [-0.39, 0.29) is 0 Å². The lowest BCUT2D eigenvalue weighted by molar-refractivity contribution is 0.0703. The highest BCUT2D eigenvalue weighted by Gasteiger charge is 2.57. The van der Waals surface area contributed by atoms with Crippen LogP contribution in [0.25, 0.3) is 0 Å². The minimum Gasteiger partial charge on any atom is -0.179 e. The molecule has 0 aromatic carbocycles. The van der Waals surface area contributed by atoms with E-state index in [1.807, 2.05) is 0 Å². The van der Waals surface area contributed by atoms with E-state index in [0.717, 1.165) is 11.7 Å². The highest BCUT2D eigenvalue weighted by atomic mass is 32.1. The predicted octanol–water partition coefficient (Wildman–Crippen LogP) is 4.36. The van der Waals surface area contributed by atoms with Crippen molar-refractivity contribution >= 4 is 25.3 Å². The molecular weight excluding hydrogens is 232 g/mol. The van der Waals surface area contributed by atoms with Gasteiger partial charge in [-0.25, -0.2) is 0 Å². The van der Waals surface area contributed by atoms with E-state index in [4.69, 9.17) is 12.6 Å². The Morgan fingerprint density at radius 3 is 2.62 bits per heavy atom. The maximum absolute atomic E-state index is 4.98. The zero-order chi connectivity index (χ0) is 11.2. The van der Waals surface area contributed by atoms with Gasteiger partial charge in [-0.1, -0.05) is 19.3 Å². The molecule has 3 rings (SSSR count). The highest BCUT2D eigenvalue weighted by Crippen LogP contribution is 2.66. The van der Waals surface area contributed by atoms with E-state index in [0.29, 0.717) is 16.1 Å². The number of hydrogen-bond acceptors (Lipinski definition) is 2. The van der Waals surface area contributed by atoms with E-state index in [1.165, 1.54) is 57.8 Å². The van der Waals surface area contributed by atoms with Gasteiger partial charge in [-0.15, -0.1) is 0 Å². The molecule has 92 valence electrons. The van der Waals surface area contributed by atoms with Crippen LogP contribution in [0.1, 0.15) is 57.8 Å². The zero-order valence-electron chi connectivity index (χ0n) is 10.1. The SMILES string of the molecule is SCC1CC23CCCCCC(C1)(C2)C(S)C3. The summed E-state index contributed by atoms with van der Waals surface area (Å²) < 4.78 is 0. The van der Waals surface area contributed by atoms with Gasteiger partial charge in [0.2, 0.25) is 0 Å². The smallest absolute Gasteiger partial charge is 0.00788 e. The lowest BCUT2D eigenvalue weighted by Crippen LogP contribution is -2.36. The normalized spacial score (nSPS) is 52.1. The molecule has 4 unspecified atom stereocenters. The average molecular weight is 256 g/mol. The summed E-state index contributed by atoms with van der Waals surface area (Å²) >= 11 is 9.55. The molecule has 0 nitrogen and oxygen atoms in total. The van der Waals surface area contributed by atoms with Gasteiger partial charge in [0.1, 0.15) is 0 Å². The van der Waals surface area contributed by atoms with Gasteiger partial charge in [0.25, 0.3) is 0 Å². The summed E-state index contributed by atoms with van der Waals surface area (Å²) in [6.45, 7) is 0. The quantitative estimate of drug-likeness (QED) is 0.640. The van der Waals surface area contributed by atoms with Gasteiger partial charge in [0.05, 0.1) is 0 Å². The first kappa shape index (κ1) is 11.8. The molecule has 4 atom stereocenters. The lowest BCUT2D eigenvalue weighted by Gasteiger charge is -2.46. The molecule has 2 heteroatoms. The largest absolute Gasteiger partial charge is 0.179 e. The van der Waals surface area contributed by atoms with E-state index in [1.54, 1.807) is 0 Å². The second-order valence-electron chi connectivity index (χ2n) is 6.78. The van der Waals surface area contributed by atoms with Gasteiger partial charge in [-0.2, -0.15) is 25.3 Å². The summed E-state index contributed by atoms with van der Waals surface area (Å²) in [7, 11) is 0. The van der Waals surface area contributed by atoms with Crippen LogP contribution < -0.4 is 0 Å². The van der Waals surface area contributed by atoms with Crippen LogP contribution in [0.4, 0.5) is 0 Å². The third kappa shape index (κ3) is 1.75. The van der Waals surface area contributed by atoms with Crippen LogP contribution in [0.2, 0.25) is 0 Å². The summed E-state index contributed by atoms with van der Waals surface area (Å²) in [6, 6.07) is 0. The Morgan fingerprint density at radius 2 is 1.81 bits per heavy atom. The monoisotopic (exact) mass is 256 g/mol. The van der Waals surface area contributed by atoms with Crippen molar-refractivity contribution < 1.29 is 0 Å². The number of thiol groups is 2. The summed E-state index contributed by atoms with van der Waals surface area (Å²) in [5.74, 6) is 1.98. The molecule has 3 aliphatic rings. The topological polar surface area (TPSA) is 0 Å². The van der Waals surface area contributed by atoms with Gasteiger partial charge in [0.15, 0.2) is 0 Å². The Balaban J connectivity index is 1.93. The van der Waals surface area contributed by atoms with Gasteiger partial charge >= 0.3 is 0 Å². The minimum absolute atomic E-state index is 0.606. The van der Waals surface area contributed by atoms with Crippen molar-refractivity contribution in [1.82, 2.24) is 0 Å². The standard InChI is InChI=1S/C14H24S2/c15-9-11-6-13-4-2-1-3-5-14(7-11,10-13)12(16)8-13/h11-12,15-16H,1-10H2. The predicted molar refractivity (Wildman–Crippen MR) is 76.5 cm³/mol. The Labute approximate surface area is 111 Å². The average Bonchev–Trinajstić information content (AvgIpc) is 2.47. The molecule has 0 aromatic rings. The van der Waals surface area contributed by atoms with Crippen molar-refractivity contribution in [2.45, 2.75) is 63.0 Å². The second-order valence-corrected chi connectivity index (χ2v) is 7.77. The Kier molecular flexibility index (Phi) is 3.03. The molecule has 3 fully saturated rings. The van der Waals surface area contributed by atoms with Crippen molar-refractivity contribution in [2.75, 3.05) is 5.75 Å². The molecule has 0 amide bonds. The first-order chi connectivity index (χ1) is 7.68. The fourth-order valence-corrected chi connectivity index (χ4v) is 6.09. The van der Waals surface area contributed by atoms with Gasteiger partial charge in [-0.05, 0) is 61.0 Å². The van der Waals surface area contributed by atoms with Crippen molar-refractivity contribution in [2.24, 2.45) is 16.7 Å². The summed E-state index contributed by atoms with van der Waals surface area (Å²) in [6.07, 6.45) is 13.1. The van der Waals surface area contributed by atoms with Crippen LogP contribution in [0.5, 0.6) is 0 Å². The molecule has 0 aromatic heterocycles. The summed E-state index contributed by atoms with van der Waals surface area (Å²) in [4.78, 5) is 0. The summed E-state index contributed by atoms with van der Waals surface area (Å²) in [5, 5.41) is 0.690. The third-order valence-corrected chi connectivity index (χ3v) is 6.86.